The van der Waals surface area contributed by atoms with Crippen LogP contribution < -0.4 is 11.3 Å². The Balaban J connectivity index is 0.00000109. The lowest BCUT2D eigenvalue weighted by molar-refractivity contribution is 0.900. The van der Waals surface area contributed by atoms with E-state index in [4.69, 9.17) is 5.73 Å². The minimum Gasteiger partial charge on any atom is -0.325 e. The number of benzene rings is 2. The van der Waals surface area contributed by atoms with Gasteiger partial charge in [-0.05, 0) is 35.9 Å². The van der Waals surface area contributed by atoms with E-state index in [0.717, 1.165) is 26.3 Å². The van der Waals surface area contributed by atoms with Crippen molar-refractivity contribution in [2.75, 3.05) is 0 Å². The number of fused-ring (bicyclic) bond motifs is 1. The van der Waals surface area contributed by atoms with Crippen molar-refractivity contribution in [1.82, 2.24) is 15.2 Å². The summed E-state index contributed by atoms with van der Waals surface area (Å²) in [6, 6.07) is 17.9. The largest absolute Gasteiger partial charge is 0.325 e. The molecule has 0 spiro atoms. The molecule has 4 aromatic rings. The monoisotopic (exact) mass is 390 g/mol. The van der Waals surface area contributed by atoms with E-state index >= 15 is 0 Å². The van der Waals surface area contributed by atoms with Gasteiger partial charge in [0.05, 0.1) is 11.1 Å². The molecule has 0 fully saturated rings. The fraction of sp³-hybridized carbons (Fsp3) is 0.136. The molecule has 0 amide bonds. The zero-order chi connectivity index (χ0) is 19.9. The molecule has 5 nitrogen and oxygen atoms in total. The molecule has 0 aliphatic rings. The Morgan fingerprint density at radius 2 is 1.71 bits per heavy atom. The van der Waals surface area contributed by atoms with Crippen molar-refractivity contribution in [3.05, 3.63) is 83.0 Å². The van der Waals surface area contributed by atoms with Gasteiger partial charge in [0.15, 0.2) is 0 Å². The Labute approximate surface area is 168 Å². The summed E-state index contributed by atoms with van der Waals surface area (Å²) >= 11 is 1.66. The lowest BCUT2D eigenvalue weighted by atomic mass is 10.0. The second-order valence-electron chi connectivity index (χ2n) is 5.79. The molecule has 4 rings (SSSR count). The van der Waals surface area contributed by atoms with Gasteiger partial charge in [-0.2, -0.15) is 5.10 Å². The van der Waals surface area contributed by atoms with Gasteiger partial charge >= 0.3 is 0 Å². The third-order valence-corrected chi connectivity index (χ3v) is 5.05. The smallest absolute Gasteiger partial charge is 0.272 e. The van der Waals surface area contributed by atoms with Crippen LogP contribution in [0.4, 0.5) is 0 Å². The van der Waals surface area contributed by atoms with Crippen molar-refractivity contribution in [3.63, 3.8) is 0 Å². The minimum absolute atomic E-state index is 0.213. The highest BCUT2D eigenvalue weighted by molar-refractivity contribution is 7.99. The van der Waals surface area contributed by atoms with Gasteiger partial charge < -0.3 is 5.73 Å². The van der Waals surface area contributed by atoms with Crippen LogP contribution in [-0.4, -0.2) is 15.2 Å². The van der Waals surface area contributed by atoms with E-state index in [1.807, 2.05) is 56.6 Å². The van der Waals surface area contributed by atoms with E-state index in [0.29, 0.717) is 11.1 Å². The van der Waals surface area contributed by atoms with E-state index in [2.05, 4.69) is 33.4 Å². The number of nitrogens with two attached hydrogens (primary N) is 1. The molecule has 2 aromatic heterocycles. The van der Waals surface area contributed by atoms with E-state index in [1.165, 1.54) is 0 Å². The first kappa shape index (κ1) is 19.8. The first-order valence-electron chi connectivity index (χ1n) is 9.14. The maximum atomic E-state index is 12.0. The van der Waals surface area contributed by atoms with Crippen LogP contribution in [-0.2, 0) is 6.54 Å². The lowest BCUT2D eigenvalue weighted by Gasteiger charge is -2.08. The summed E-state index contributed by atoms with van der Waals surface area (Å²) in [5.41, 5.74) is 8.18. The van der Waals surface area contributed by atoms with E-state index < -0.39 is 0 Å². The third-order valence-electron chi connectivity index (χ3n) is 4.09. The van der Waals surface area contributed by atoms with Crippen molar-refractivity contribution in [3.8, 4) is 11.1 Å². The number of nitrogens with zero attached hydrogens (tertiary/aromatic N) is 2. The van der Waals surface area contributed by atoms with Crippen molar-refractivity contribution in [1.29, 1.82) is 0 Å². The summed E-state index contributed by atoms with van der Waals surface area (Å²) in [7, 11) is 0. The quantitative estimate of drug-likeness (QED) is 0.531. The minimum atomic E-state index is -0.213. The van der Waals surface area contributed by atoms with E-state index in [-0.39, 0.29) is 12.1 Å². The van der Waals surface area contributed by atoms with E-state index in [9.17, 15) is 4.79 Å². The zero-order valence-corrected chi connectivity index (χ0v) is 16.7. The van der Waals surface area contributed by atoms with Crippen molar-refractivity contribution in [2.45, 2.75) is 30.2 Å². The number of nitrogens with one attached hydrogen (secondary N) is 1. The molecule has 142 valence electrons. The maximum absolute atomic E-state index is 12.0. The van der Waals surface area contributed by atoms with Crippen molar-refractivity contribution < 1.29 is 0 Å². The van der Waals surface area contributed by atoms with E-state index in [1.54, 1.807) is 17.8 Å². The van der Waals surface area contributed by atoms with Gasteiger partial charge in [-0.25, -0.2) is 5.10 Å². The summed E-state index contributed by atoms with van der Waals surface area (Å²) in [4.78, 5) is 18.6. The first-order valence-corrected chi connectivity index (χ1v) is 9.96. The molecule has 3 N–H and O–H groups in total. The summed E-state index contributed by atoms with van der Waals surface area (Å²) in [5.74, 6) is 0. The van der Waals surface area contributed by atoms with Gasteiger partial charge in [0.1, 0.15) is 0 Å². The van der Waals surface area contributed by atoms with Crippen LogP contribution in [0.3, 0.4) is 0 Å². The number of pyridine rings is 1. The summed E-state index contributed by atoms with van der Waals surface area (Å²) < 4.78 is 0. The van der Waals surface area contributed by atoms with Crippen LogP contribution >= 0.6 is 11.8 Å². The molecule has 0 atom stereocenters. The SMILES string of the molecule is CC.NCc1n[nH]c(=O)c2ccc(-c3cncc(Sc4ccccc4)c3)cc12. The molecule has 0 aliphatic heterocycles. The Bertz CT molecular complexity index is 1130. The van der Waals surface area contributed by atoms with Crippen LogP contribution in [0.15, 0.2) is 81.6 Å². The molecule has 2 aromatic carbocycles. The van der Waals surface area contributed by atoms with Crippen molar-refractivity contribution >= 4 is 22.5 Å². The molecular formula is C22H22N4OS. The maximum Gasteiger partial charge on any atom is 0.272 e. The number of aromatic amines is 1. The standard InChI is InChI=1S/C20H16N4OS.C2H6/c21-10-19-18-9-13(6-7-17(18)20(25)24-23-19)14-8-16(12-22-11-14)26-15-4-2-1-3-5-15;1-2/h1-9,11-12H,10,21H2,(H,24,25);1-2H3. The average molecular weight is 391 g/mol. The molecule has 0 radical (unpaired) electrons. The second-order valence-corrected chi connectivity index (χ2v) is 6.94. The van der Waals surface area contributed by atoms with Gasteiger partial charge in [0.25, 0.3) is 5.56 Å². The predicted octanol–water partition coefficient (Wildman–Crippen LogP) is 4.62. The van der Waals surface area contributed by atoms with Crippen LogP contribution in [0.25, 0.3) is 21.9 Å². The fourth-order valence-corrected chi connectivity index (χ4v) is 3.68. The van der Waals surface area contributed by atoms with Gasteiger partial charge in [-0.3, -0.25) is 9.78 Å². The van der Waals surface area contributed by atoms with Gasteiger partial charge in [-0.15, -0.1) is 0 Å². The number of rotatable bonds is 4. The van der Waals surface area contributed by atoms with Crippen LogP contribution in [0.1, 0.15) is 19.5 Å². The molecule has 28 heavy (non-hydrogen) atoms. The molecule has 0 unspecified atom stereocenters. The lowest BCUT2D eigenvalue weighted by Crippen LogP contribution is -2.13. The van der Waals surface area contributed by atoms with Crippen molar-refractivity contribution in [2.24, 2.45) is 5.73 Å². The molecule has 0 saturated heterocycles. The number of hydrogen-bond acceptors (Lipinski definition) is 5. The zero-order valence-electron chi connectivity index (χ0n) is 15.8. The van der Waals surface area contributed by atoms with Gasteiger partial charge in [0, 0.05) is 39.7 Å². The second kappa shape index (κ2) is 9.30. The summed E-state index contributed by atoms with van der Waals surface area (Å²) in [6.45, 7) is 4.26. The topological polar surface area (TPSA) is 84.7 Å². The normalized spacial score (nSPS) is 10.4. The van der Waals surface area contributed by atoms with Crippen LogP contribution in [0.5, 0.6) is 0 Å². The number of hydrogen-bond donors (Lipinski definition) is 2. The Hall–Kier alpha value is -2.96. The highest BCUT2D eigenvalue weighted by Crippen LogP contribution is 2.31. The molecule has 2 heterocycles. The van der Waals surface area contributed by atoms with Crippen LogP contribution in [0, 0.1) is 0 Å². The number of aromatic nitrogens is 3. The molecule has 0 aliphatic carbocycles. The average Bonchev–Trinajstić information content (AvgIpc) is 2.76. The molecular weight excluding hydrogens is 368 g/mol. The molecule has 0 saturated carbocycles. The highest BCUT2D eigenvalue weighted by atomic mass is 32.2. The van der Waals surface area contributed by atoms with Gasteiger partial charge in [-0.1, -0.05) is 49.9 Å². The van der Waals surface area contributed by atoms with Crippen LogP contribution in [0.2, 0.25) is 0 Å². The first-order chi connectivity index (χ1) is 13.7. The summed E-state index contributed by atoms with van der Waals surface area (Å²) in [6.07, 6.45) is 3.67. The molecule has 6 heteroatoms. The highest BCUT2D eigenvalue weighted by Gasteiger charge is 2.08. The predicted molar refractivity (Wildman–Crippen MR) is 115 cm³/mol. The third kappa shape index (κ3) is 4.30. The number of H-pyrrole nitrogens is 1. The summed E-state index contributed by atoms with van der Waals surface area (Å²) in [5, 5.41) is 7.90. The Kier molecular flexibility index (Phi) is 6.57. The Morgan fingerprint density at radius 1 is 0.929 bits per heavy atom. The Morgan fingerprint density at radius 3 is 2.46 bits per heavy atom. The fourth-order valence-electron chi connectivity index (χ4n) is 2.81. The molecule has 0 bridgehead atoms. The van der Waals surface area contributed by atoms with Gasteiger partial charge in [0.2, 0.25) is 0 Å².